The molecular formula is C24H20F4N6O. The topological polar surface area (TPSA) is 88.8 Å². The molecule has 0 unspecified atom stereocenters. The Labute approximate surface area is 197 Å². The highest BCUT2D eigenvalue weighted by molar-refractivity contribution is 5.91. The van der Waals surface area contributed by atoms with Crippen molar-refractivity contribution in [2.75, 3.05) is 11.9 Å². The number of halogens is 4. The van der Waals surface area contributed by atoms with Crippen molar-refractivity contribution in [1.29, 1.82) is 0 Å². The van der Waals surface area contributed by atoms with Crippen molar-refractivity contribution in [1.82, 2.24) is 24.7 Å². The standard InChI is InChI=1S/C24H20F4N6O/c1-3-29-18-7-14(25)6-16-15(18)8-19-21(16)22(34-5-4-20(33-34)24(26,27)28)17(11-30-19)13-9-31-23(12(2)35)32-10-13/h4-7,9-12,29,35H,3,8H2,1-2H3/t12-/m0/s1. The van der Waals surface area contributed by atoms with E-state index in [1.807, 2.05) is 6.92 Å². The molecule has 1 atom stereocenters. The van der Waals surface area contributed by atoms with Crippen LogP contribution in [0, 0.1) is 5.82 Å². The van der Waals surface area contributed by atoms with E-state index in [2.05, 4.69) is 25.4 Å². The molecule has 7 nitrogen and oxygen atoms in total. The first-order chi connectivity index (χ1) is 16.7. The fraction of sp³-hybridized carbons (Fsp3) is 0.250. The molecule has 3 aromatic heterocycles. The minimum absolute atomic E-state index is 0.200. The van der Waals surface area contributed by atoms with Crippen LogP contribution < -0.4 is 5.32 Å². The van der Waals surface area contributed by atoms with Gasteiger partial charge in [-0.15, -0.1) is 0 Å². The van der Waals surface area contributed by atoms with E-state index in [1.54, 1.807) is 0 Å². The molecule has 11 heteroatoms. The van der Waals surface area contributed by atoms with E-state index in [0.717, 1.165) is 16.3 Å². The van der Waals surface area contributed by atoms with Gasteiger partial charge in [0.2, 0.25) is 0 Å². The molecule has 180 valence electrons. The smallest absolute Gasteiger partial charge is 0.385 e. The predicted octanol–water partition coefficient (Wildman–Crippen LogP) is 4.94. The molecule has 1 aromatic carbocycles. The summed E-state index contributed by atoms with van der Waals surface area (Å²) in [6.45, 7) is 3.98. The summed E-state index contributed by atoms with van der Waals surface area (Å²) in [4.78, 5) is 12.9. The Kier molecular flexibility index (Phi) is 5.51. The van der Waals surface area contributed by atoms with Gasteiger partial charge in [-0.3, -0.25) is 4.98 Å². The van der Waals surface area contributed by atoms with Crippen molar-refractivity contribution in [3.8, 4) is 27.9 Å². The third kappa shape index (κ3) is 4.01. The van der Waals surface area contributed by atoms with Crippen LogP contribution in [0.3, 0.4) is 0 Å². The van der Waals surface area contributed by atoms with Crippen molar-refractivity contribution in [3.05, 3.63) is 71.6 Å². The lowest BCUT2D eigenvalue weighted by atomic mass is 9.99. The largest absolute Gasteiger partial charge is 0.435 e. The van der Waals surface area contributed by atoms with Gasteiger partial charge < -0.3 is 10.4 Å². The van der Waals surface area contributed by atoms with Crippen LogP contribution in [-0.4, -0.2) is 36.4 Å². The van der Waals surface area contributed by atoms with E-state index < -0.39 is 23.8 Å². The van der Waals surface area contributed by atoms with Gasteiger partial charge in [0.1, 0.15) is 11.9 Å². The molecule has 35 heavy (non-hydrogen) atoms. The average Bonchev–Trinajstić information content (AvgIpc) is 3.44. The second kappa shape index (κ2) is 8.42. The molecule has 0 saturated carbocycles. The number of nitrogens with zero attached hydrogens (tertiary/aromatic N) is 5. The maximum Gasteiger partial charge on any atom is 0.435 e. The Balaban J connectivity index is 1.78. The number of alkyl halides is 3. The van der Waals surface area contributed by atoms with Crippen LogP contribution in [0.4, 0.5) is 23.2 Å². The van der Waals surface area contributed by atoms with Crippen LogP contribution in [0.2, 0.25) is 0 Å². The molecule has 2 N–H and O–H groups in total. The lowest BCUT2D eigenvalue weighted by Gasteiger charge is -2.16. The number of hydrogen-bond acceptors (Lipinski definition) is 6. The van der Waals surface area contributed by atoms with Crippen molar-refractivity contribution in [3.63, 3.8) is 0 Å². The molecule has 0 amide bonds. The summed E-state index contributed by atoms with van der Waals surface area (Å²) >= 11 is 0. The van der Waals surface area contributed by atoms with Gasteiger partial charge in [-0.2, -0.15) is 18.3 Å². The molecule has 1 aliphatic rings. The maximum absolute atomic E-state index is 14.6. The van der Waals surface area contributed by atoms with E-state index in [9.17, 15) is 22.7 Å². The summed E-state index contributed by atoms with van der Waals surface area (Å²) in [7, 11) is 0. The number of fused-ring (bicyclic) bond motifs is 3. The van der Waals surface area contributed by atoms with Crippen LogP contribution in [0.1, 0.15) is 42.7 Å². The first kappa shape index (κ1) is 22.9. The molecule has 0 spiro atoms. The number of benzene rings is 1. The highest BCUT2D eigenvalue weighted by atomic mass is 19.4. The number of aliphatic hydroxyl groups excluding tert-OH is 1. The zero-order valence-electron chi connectivity index (χ0n) is 18.7. The third-order valence-corrected chi connectivity index (χ3v) is 5.79. The quantitative estimate of drug-likeness (QED) is 0.344. The number of rotatable bonds is 5. The van der Waals surface area contributed by atoms with Gasteiger partial charge in [0.05, 0.1) is 11.4 Å². The molecule has 0 fully saturated rings. The van der Waals surface area contributed by atoms with Gasteiger partial charge in [0.25, 0.3) is 0 Å². The zero-order valence-corrected chi connectivity index (χ0v) is 18.7. The number of pyridine rings is 1. The predicted molar refractivity (Wildman–Crippen MR) is 120 cm³/mol. The summed E-state index contributed by atoms with van der Waals surface area (Å²) in [5.41, 5.74) is 3.16. The molecule has 0 bridgehead atoms. The van der Waals surface area contributed by atoms with Gasteiger partial charge in [-0.25, -0.2) is 19.0 Å². The highest BCUT2D eigenvalue weighted by Crippen LogP contribution is 2.46. The van der Waals surface area contributed by atoms with Crippen LogP contribution >= 0.6 is 0 Å². The van der Waals surface area contributed by atoms with Crippen LogP contribution in [0.5, 0.6) is 0 Å². The van der Waals surface area contributed by atoms with E-state index in [-0.39, 0.29) is 5.82 Å². The number of aromatic nitrogens is 5. The Hall–Kier alpha value is -3.86. The molecule has 1 aliphatic carbocycles. The second-order valence-corrected chi connectivity index (χ2v) is 8.18. The molecule has 3 heterocycles. The zero-order chi connectivity index (χ0) is 24.9. The van der Waals surface area contributed by atoms with Gasteiger partial charge in [0, 0.05) is 60.1 Å². The summed E-state index contributed by atoms with van der Waals surface area (Å²) in [5.74, 6) is -0.282. The molecule has 4 aromatic rings. The van der Waals surface area contributed by atoms with Crippen molar-refractivity contribution < 1.29 is 22.7 Å². The first-order valence-corrected chi connectivity index (χ1v) is 10.9. The van der Waals surface area contributed by atoms with E-state index in [0.29, 0.717) is 52.3 Å². The van der Waals surface area contributed by atoms with Crippen molar-refractivity contribution in [2.24, 2.45) is 0 Å². The lowest BCUT2D eigenvalue weighted by Crippen LogP contribution is -2.09. The third-order valence-electron chi connectivity index (χ3n) is 5.79. The van der Waals surface area contributed by atoms with Crippen molar-refractivity contribution >= 4 is 5.69 Å². The minimum atomic E-state index is -4.63. The van der Waals surface area contributed by atoms with E-state index >= 15 is 0 Å². The molecular weight excluding hydrogens is 464 g/mol. The highest BCUT2D eigenvalue weighted by Gasteiger charge is 2.35. The van der Waals surface area contributed by atoms with Gasteiger partial charge >= 0.3 is 6.18 Å². The van der Waals surface area contributed by atoms with Gasteiger partial charge in [0.15, 0.2) is 11.5 Å². The lowest BCUT2D eigenvalue weighted by molar-refractivity contribution is -0.141. The summed E-state index contributed by atoms with van der Waals surface area (Å²) in [5, 5.41) is 16.7. The van der Waals surface area contributed by atoms with Crippen LogP contribution in [0.25, 0.3) is 27.9 Å². The van der Waals surface area contributed by atoms with Crippen molar-refractivity contribution in [2.45, 2.75) is 32.5 Å². The monoisotopic (exact) mass is 484 g/mol. The molecule has 0 radical (unpaired) electrons. The number of aliphatic hydroxyl groups is 1. The molecule has 5 rings (SSSR count). The average molecular weight is 484 g/mol. The Morgan fingerprint density at radius 1 is 1.11 bits per heavy atom. The Morgan fingerprint density at radius 3 is 2.49 bits per heavy atom. The maximum atomic E-state index is 14.6. The normalized spacial score (nSPS) is 13.5. The van der Waals surface area contributed by atoms with Gasteiger partial charge in [-0.1, -0.05) is 0 Å². The van der Waals surface area contributed by atoms with Crippen LogP contribution in [0.15, 0.2) is 43.0 Å². The fourth-order valence-electron chi connectivity index (χ4n) is 4.26. The number of nitrogens with one attached hydrogen (secondary N) is 1. The molecule has 0 aliphatic heterocycles. The first-order valence-electron chi connectivity index (χ1n) is 10.9. The summed E-state index contributed by atoms with van der Waals surface area (Å²) < 4.78 is 55.9. The minimum Gasteiger partial charge on any atom is -0.385 e. The van der Waals surface area contributed by atoms with Crippen LogP contribution in [-0.2, 0) is 12.6 Å². The number of anilines is 1. The van der Waals surface area contributed by atoms with Gasteiger partial charge in [-0.05, 0) is 43.2 Å². The van der Waals surface area contributed by atoms with E-state index in [4.69, 9.17) is 0 Å². The SMILES string of the molecule is CCNc1cc(F)cc2c1Cc1ncc(-c3cnc([C@H](C)O)nc3)c(-n3ccc(C(F)(F)F)n3)c1-2. The second-order valence-electron chi connectivity index (χ2n) is 8.18. The summed E-state index contributed by atoms with van der Waals surface area (Å²) in [6.07, 6.45) is 0.524. The number of hydrogen-bond donors (Lipinski definition) is 2. The Bertz CT molecular complexity index is 1410. The fourth-order valence-corrected chi connectivity index (χ4v) is 4.26. The van der Waals surface area contributed by atoms with E-state index in [1.165, 1.54) is 43.8 Å². The molecule has 0 saturated heterocycles. The summed E-state index contributed by atoms with van der Waals surface area (Å²) in [6, 6.07) is 3.64. The Morgan fingerprint density at radius 2 is 1.86 bits per heavy atom.